The molecule has 1 aromatic rings. The van der Waals surface area contributed by atoms with E-state index in [2.05, 4.69) is 61.4 Å². The van der Waals surface area contributed by atoms with Crippen molar-refractivity contribution in [1.82, 2.24) is 19.9 Å². The highest BCUT2D eigenvalue weighted by Gasteiger charge is 2.38. The highest BCUT2D eigenvalue weighted by atomic mass is 16.5. The fourth-order valence-corrected chi connectivity index (χ4v) is 3.46. The third-order valence-electron chi connectivity index (χ3n) is 6.14. The Balaban J connectivity index is 2.50. The molecule has 0 saturated carbocycles. The summed E-state index contributed by atoms with van der Waals surface area (Å²) in [6.07, 6.45) is 2.75. The van der Waals surface area contributed by atoms with Gasteiger partial charge in [0.15, 0.2) is 0 Å². The summed E-state index contributed by atoms with van der Waals surface area (Å²) in [5.74, 6) is 0. The van der Waals surface area contributed by atoms with Crippen LogP contribution in [0.15, 0.2) is 0 Å². The van der Waals surface area contributed by atoms with Crippen LogP contribution in [0.5, 0.6) is 0 Å². The molecule has 2 rings (SSSR count). The molecule has 0 aromatic carbocycles. The number of fused-ring (bicyclic) bond motifs is 1. The SMILES string of the molecule is CCC(C)(C)N1CCc2c(nnn2C(C)(C)CC)C(OC)C(OC)C1. The summed E-state index contributed by atoms with van der Waals surface area (Å²) in [4.78, 5) is 2.52. The number of aromatic nitrogens is 3. The van der Waals surface area contributed by atoms with E-state index in [1.807, 2.05) is 0 Å². The number of rotatable bonds is 6. The molecular formula is C19H36N4O2. The van der Waals surface area contributed by atoms with E-state index >= 15 is 0 Å². The third-order valence-corrected chi connectivity index (χ3v) is 6.14. The van der Waals surface area contributed by atoms with Gasteiger partial charge in [0.05, 0.1) is 11.2 Å². The molecule has 0 aliphatic carbocycles. The molecule has 144 valence electrons. The maximum Gasteiger partial charge on any atom is 0.130 e. The first kappa shape index (κ1) is 20.3. The van der Waals surface area contributed by atoms with Gasteiger partial charge in [0.1, 0.15) is 17.9 Å². The molecule has 2 atom stereocenters. The van der Waals surface area contributed by atoms with E-state index in [0.717, 1.165) is 38.0 Å². The van der Waals surface area contributed by atoms with Crippen LogP contribution in [0.2, 0.25) is 0 Å². The molecule has 2 unspecified atom stereocenters. The topological polar surface area (TPSA) is 52.4 Å². The van der Waals surface area contributed by atoms with Gasteiger partial charge in [0.2, 0.25) is 0 Å². The minimum absolute atomic E-state index is 0.0637. The average Bonchev–Trinajstić information content (AvgIpc) is 2.99. The van der Waals surface area contributed by atoms with Crippen LogP contribution < -0.4 is 0 Å². The van der Waals surface area contributed by atoms with Crippen LogP contribution in [-0.4, -0.2) is 58.8 Å². The number of nitrogens with zero attached hydrogens (tertiary/aromatic N) is 4. The fraction of sp³-hybridized carbons (Fsp3) is 0.895. The van der Waals surface area contributed by atoms with Crippen LogP contribution in [0.3, 0.4) is 0 Å². The Bertz CT molecular complexity index is 568. The summed E-state index contributed by atoms with van der Waals surface area (Å²) >= 11 is 0. The Morgan fingerprint density at radius 1 is 1.04 bits per heavy atom. The van der Waals surface area contributed by atoms with Crippen LogP contribution in [-0.2, 0) is 21.4 Å². The van der Waals surface area contributed by atoms with Crippen molar-refractivity contribution in [3.8, 4) is 0 Å². The summed E-state index contributed by atoms with van der Waals surface area (Å²) < 4.78 is 13.8. The van der Waals surface area contributed by atoms with Crippen LogP contribution in [0.1, 0.15) is 71.9 Å². The van der Waals surface area contributed by atoms with Crippen LogP contribution >= 0.6 is 0 Å². The molecular weight excluding hydrogens is 316 g/mol. The van der Waals surface area contributed by atoms with Gasteiger partial charge in [-0.1, -0.05) is 19.1 Å². The zero-order valence-corrected chi connectivity index (χ0v) is 17.3. The molecule has 1 aromatic heterocycles. The van der Waals surface area contributed by atoms with E-state index < -0.39 is 0 Å². The monoisotopic (exact) mass is 352 g/mol. The van der Waals surface area contributed by atoms with Crippen molar-refractivity contribution in [2.75, 3.05) is 27.3 Å². The molecule has 2 heterocycles. The summed E-state index contributed by atoms with van der Waals surface area (Å²) in [6, 6.07) is 0. The predicted octanol–water partition coefficient (Wildman–Crippen LogP) is 3.17. The van der Waals surface area contributed by atoms with E-state index in [0.29, 0.717) is 0 Å². The first-order valence-electron chi connectivity index (χ1n) is 9.47. The molecule has 0 amide bonds. The van der Waals surface area contributed by atoms with Crippen molar-refractivity contribution in [1.29, 1.82) is 0 Å². The standard InChI is InChI=1S/C19H36N4O2/c1-9-18(3,4)22-12-11-14-16(17(25-8)15(13-22)24-7)20-21-23(14)19(5,6)10-2/h15,17H,9-13H2,1-8H3. The van der Waals surface area contributed by atoms with Gasteiger partial charge in [0.25, 0.3) is 0 Å². The van der Waals surface area contributed by atoms with Gasteiger partial charge < -0.3 is 9.47 Å². The van der Waals surface area contributed by atoms with E-state index in [1.54, 1.807) is 14.2 Å². The maximum atomic E-state index is 5.84. The highest BCUT2D eigenvalue weighted by molar-refractivity contribution is 5.19. The molecule has 25 heavy (non-hydrogen) atoms. The Hall–Kier alpha value is -0.980. The van der Waals surface area contributed by atoms with Gasteiger partial charge in [-0.15, -0.1) is 5.10 Å². The largest absolute Gasteiger partial charge is 0.377 e. The smallest absolute Gasteiger partial charge is 0.130 e. The van der Waals surface area contributed by atoms with Crippen molar-refractivity contribution in [3.05, 3.63) is 11.4 Å². The fourth-order valence-electron chi connectivity index (χ4n) is 3.46. The first-order chi connectivity index (χ1) is 11.7. The number of hydrogen-bond donors (Lipinski definition) is 0. The molecule has 0 bridgehead atoms. The second-order valence-corrected chi connectivity index (χ2v) is 8.29. The quantitative estimate of drug-likeness (QED) is 0.787. The van der Waals surface area contributed by atoms with E-state index in [9.17, 15) is 0 Å². The van der Waals surface area contributed by atoms with E-state index in [1.165, 1.54) is 5.69 Å². The first-order valence-corrected chi connectivity index (χ1v) is 9.47. The highest BCUT2D eigenvalue weighted by Crippen LogP contribution is 2.33. The van der Waals surface area contributed by atoms with Crippen LogP contribution in [0.4, 0.5) is 0 Å². The summed E-state index contributed by atoms with van der Waals surface area (Å²) in [7, 11) is 3.50. The molecule has 0 spiro atoms. The zero-order valence-electron chi connectivity index (χ0n) is 17.3. The van der Waals surface area contributed by atoms with Crippen molar-refractivity contribution in [2.45, 2.75) is 84.1 Å². The van der Waals surface area contributed by atoms with Crippen LogP contribution in [0.25, 0.3) is 0 Å². The number of ether oxygens (including phenoxy) is 2. The summed E-state index contributed by atoms with van der Waals surface area (Å²) in [5, 5.41) is 9.03. The normalized spacial score (nSPS) is 23.2. The van der Waals surface area contributed by atoms with Gasteiger partial charge >= 0.3 is 0 Å². The summed E-state index contributed by atoms with van der Waals surface area (Å²) in [6.45, 7) is 15.3. The van der Waals surface area contributed by atoms with Crippen molar-refractivity contribution in [2.24, 2.45) is 0 Å². The maximum absolute atomic E-state index is 5.84. The molecule has 6 heteroatoms. The third kappa shape index (κ3) is 3.91. The molecule has 0 saturated heterocycles. The lowest BCUT2D eigenvalue weighted by atomic mass is 9.94. The second kappa shape index (κ2) is 7.72. The minimum Gasteiger partial charge on any atom is -0.377 e. The summed E-state index contributed by atoms with van der Waals surface area (Å²) in [5.41, 5.74) is 2.17. The lowest BCUT2D eigenvalue weighted by molar-refractivity contribution is -0.0704. The lowest BCUT2D eigenvalue weighted by Crippen LogP contribution is -2.51. The van der Waals surface area contributed by atoms with Crippen molar-refractivity contribution in [3.63, 3.8) is 0 Å². The molecule has 0 fully saturated rings. The Morgan fingerprint density at radius 3 is 2.20 bits per heavy atom. The average molecular weight is 353 g/mol. The molecule has 0 radical (unpaired) electrons. The van der Waals surface area contributed by atoms with E-state index in [4.69, 9.17) is 9.47 Å². The zero-order chi connectivity index (χ0) is 18.8. The molecule has 1 aliphatic heterocycles. The second-order valence-electron chi connectivity index (χ2n) is 8.29. The number of hydrogen-bond acceptors (Lipinski definition) is 5. The van der Waals surface area contributed by atoms with Gasteiger partial charge in [-0.3, -0.25) is 4.90 Å². The Labute approximate surface area is 152 Å². The van der Waals surface area contributed by atoms with Gasteiger partial charge in [-0.25, -0.2) is 4.68 Å². The number of methoxy groups -OCH3 is 2. The van der Waals surface area contributed by atoms with E-state index in [-0.39, 0.29) is 23.3 Å². The van der Waals surface area contributed by atoms with Crippen molar-refractivity contribution >= 4 is 0 Å². The molecule has 6 nitrogen and oxygen atoms in total. The lowest BCUT2D eigenvalue weighted by Gasteiger charge is -2.42. The Kier molecular flexibility index (Phi) is 6.28. The van der Waals surface area contributed by atoms with Gasteiger partial charge in [-0.05, 0) is 40.5 Å². The van der Waals surface area contributed by atoms with Crippen molar-refractivity contribution < 1.29 is 9.47 Å². The molecule has 1 aliphatic rings. The minimum atomic E-state index is -0.197. The van der Waals surface area contributed by atoms with Crippen LogP contribution in [0, 0.1) is 0 Å². The predicted molar refractivity (Wildman–Crippen MR) is 99.8 cm³/mol. The Morgan fingerprint density at radius 2 is 1.68 bits per heavy atom. The molecule has 0 N–H and O–H groups in total. The van der Waals surface area contributed by atoms with Gasteiger partial charge in [-0.2, -0.15) is 0 Å². The van der Waals surface area contributed by atoms with Gasteiger partial charge in [0, 0.05) is 39.3 Å².